The van der Waals surface area contributed by atoms with Gasteiger partial charge in [-0.05, 0) is 31.2 Å². The van der Waals surface area contributed by atoms with E-state index in [0.29, 0.717) is 37.5 Å². The van der Waals surface area contributed by atoms with E-state index < -0.39 is 0 Å². The molecule has 3 heterocycles. The Morgan fingerprint density at radius 2 is 1.75 bits per heavy atom. The number of carbonyl (C=O) groups is 2. The second kappa shape index (κ2) is 7.26. The number of amides is 1. The molecule has 0 saturated carbocycles. The molecule has 0 N–H and O–H groups in total. The average molecular weight is 380 g/mol. The molecule has 9 nitrogen and oxygen atoms in total. The second-order valence-electron chi connectivity index (χ2n) is 6.59. The van der Waals surface area contributed by atoms with Crippen LogP contribution in [-0.4, -0.2) is 62.5 Å². The number of nitrogens with zero attached hydrogens (tertiary/aromatic N) is 6. The van der Waals surface area contributed by atoms with Gasteiger partial charge in [0.05, 0.1) is 0 Å². The van der Waals surface area contributed by atoms with Gasteiger partial charge >= 0.3 is 5.97 Å². The molecule has 1 aliphatic rings. The van der Waals surface area contributed by atoms with Gasteiger partial charge in [-0.3, -0.25) is 14.0 Å². The van der Waals surface area contributed by atoms with Crippen LogP contribution in [0.4, 0.5) is 5.82 Å². The monoisotopic (exact) mass is 380 g/mol. The summed E-state index contributed by atoms with van der Waals surface area (Å²) in [5.74, 6) is 1.59. The lowest BCUT2D eigenvalue weighted by Gasteiger charge is -2.35. The minimum atomic E-state index is -0.387. The van der Waals surface area contributed by atoms with Crippen LogP contribution in [0.25, 0.3) is 5.65 Å². The molecular weight excluding hydrogens is 360 g/mol. The first-order valence-corrected chi connectivity index (χ1v) is 9.02. The third-order valence-corrected chi connectivity index (χ3v) is 4.71. The van der Waals surface area contributed by atoms with Crippen molar-refractivity contribution in [3.05, 3.63) is 48.0 Å². The van der Waals surface area contributed by atoms with Crippen molar-refractivity contribution in [3.8, 4) is 5.75 Å². The molecule has 144 valence electrons. The minimum Gasteiger partial charge on any atom is -0.427 e. The first kappa shape index (κ1) is 17.9. The molecule has 1 fully saturated rings. The van der Waals surface area contributed by atoms with E-state index in [4.69, 9.17) is 4.74 Å². The quantitative estimate of drug-likeness (QED) is 0.500. The fourth-order valence-corrected chi connectivity index (χ4v) is 3.29. The van der Waals surface area contributed by atoms with Gasteiger partial charge < -0.3 is 14.5 Å². The third kappa shape index (κ3) is 3.38. The zero-order valence-electron chi connectivity index (χ0n) is 15.7. The Balaban J connectivity index is 1.43. The van der Waals surface area contributed by atoms with Gasteiger partial charge in [0, 0.05) is 51.1 Å². The lowest BCUT2D eigenvalue weighted by Crippen LogP contribution is -2.49. The number of benzene rings is 1. The lowest BCUT2D eigenvalue weighted by molar-refractivity contribution is -0.131. The summed E-state index contributed by atoms with van der Waals surface area (Å²) in [7, 11) is 0. The molecule has 0 radical (unpaired) electrons. The molecule has 0 atom stereocenters. The van der Waals surface area contributed by atoms with E-state index in [2.05, 4.69) is 20.1 Å². The predicted octanol–water partition coefficient (Wildman–Crippen LogP) is 1.32. The summed E-state index contributed by atoms with van der Waals surface area (Å²) in [5.41, 5.74) is 1.29. The lowest BCUT2D eigenvalue weighted by atomic mass is 10.1. The summed E-state index contributed by atoms with van der Waals surface area (Å²) in [6, 6.07) is 6.61. The minimum absolute atomic E-state index is 0.0430. The molecule has 0 aliphatic carbocycles. The van der Waals surface area contributed by atoms with Crippen LogP contribution >= 0.6 is 0 Å². The van der Waals surface area contributed by atoms with E-state index in [1.54, 1.807) is 30.5 Å². The molecule has 1 aromatic carbocycles. The van der Waals surface area contributed by atoms with Crippen molar-refractivity contribution in [2.45, 2.75) is 13.8 Å². The fourth-order valence-electron chi connectivity index (χ4n) is 3.29. The van der Waals surface area contributed by atoms with Crippen LogP contribution in [0.1, 0.15) is 23.1 Å². The standard InChI is InChI=1S/C19H20N6O3/c1-13-21-22-18-17(20-7-8-25(13)18)23-9-11-24(12-10-23)19(27)15-3-5-16(6-4-15)28-14(2)26/h3-8H,9-12H2,1-2H3. The number of piperazine rings is 1. The Morgan fingerprint density at radius 1 is 1.04 bits per heavy atom. The highest BCUT2D eigenvalue weighted by Gasteiger charge is 2.24. The van der Waals surface area contributed by atoms with Crippen molar-refractivity contribution in [3.63, 3.8) is 0 Å². The van der Waals surface area contributed by atoms with Crippen molar-refractivity contribution in [2.75, 3.05) is 31.1 Å². The van der Waals surface area contributed by atoms with Crippen LogP contribution in [0.5, 0.6) is 5.75 Å². The van der Waals surface area contributed by atoms with Gasteiger partial charge in [0.2, 0.25) is 5.65 Å². The highest BCUT2D eigenvalue weighted by molar-refractivity contribution is 5.94. The van der Waals surface area contributed by atoms with E-state index in [1.807, 2.05) is 22.4 Å². The smallest absolute Gasteiger partial charge is 0.308 e. The van der Waals surface area contributed by atoms with E-state index in [9.17, 15) is 9.59 Å². The van der Waals surface area contributed by atoms with Crippen LogP contribution in [0.15, 0.2) is 36.7 Å². The topological polar surface area (TPSA) is 92.9 Å². The van der Waals surface area contributed by atoms with Gasteiger partial charge in [0.25, 0.3) is 5.91 Å². The first-order chi connectivity index (χ1) is 13.5. The molecule has 9 heteroatoms. The number of fused-ring (bicyclic) bond motifs is 1. The molecule has 3 aromatic rings. The molecule has 4 rings (SSSR count). The maximum atomic E-state index is 12.7. The maximum Gasteiger partial charge on any atom is 0.308 e. The van der Waals surface area contributed by atoms with Crippen molar-refractivity contribution in [1.82, 2.24) is 24.5 Å². The third-order valence-electron chi connectivity index (χ3n) is 4.71. The van der Waals surface area contributed by atoms with Crippen LogP contribution in [-0.2, 0) is 4.79 Å². The Hall–Kier alpha value is -3.49. The van der Waals surface area contributed by atoms with Crippen molar-refractivity contribution in [2.24, 2.45) is 0 Å². The molecule has 0 bridgehead atoms. The van der Waals surface area contributed by atoms with E-state index in [1.165, 1.54) is 6.92 Å². The summed E-state index contributed by atoms with van der Waals surface area (Å²) in [6.45, 7) is 5.73. The Morgan fingerprint density at radius 3 is 2.43 bits per heavy atom. The van der Waals surface area contributed by atoms with Gasteiger partial charge in [-0.1, -0.05) is 0 Å². The molecule has 1 saturated heterocycles. The second-order valence-corrected chi connectivity index (χ2v) is 6.59. The highest BCUT2D eigenvalue weighted by atomic mass is 16.5. The predicted molar refractivity (Wildman–Crippen MR) is 101 cm³/mol. The van der Waals surface area contributed by atoms with Crippen molar-refractivity contribution < 1.29 is 14.3 Å². The number of esters is 1. The number of aryl methyl sites for hydroxylation is 1. The number of rotatable bonds is 3. The maximum absolute atomic E-state index is 12.7. The van der Waals surface area contributed by atoms with Crippen LogP contribution in [0.3, 0.4) is 0 Å². The van der Waals surface area contributed by atoms with Crippen molar-refractivity contribution in [1.29, 1.82) is 0 Å². The van der Waals surface area contributed by atoms with Gasteiger partial charge in [-0.15, -0.1) is 10.2 Å². The SMILES string of the molecule is CC(=O)Oc1ccc(C(=O)N2CCN(c3nccn4c(C)nnc34)CC2)cc1. The van der Waals surface area contributed by atoms with Crippen LogP contribution < -0.4 is 9.64 Å². The van der Waals surface area contributed by atoms with Gasteiger partial charge in [-0.2, -0.15) is 0 Å². The van der Waals surface area contributed by atoms with E-state index in [-0.39, 0.29) is 11.9 Å². The van der Waals surface area contributed by atoms with Gasteiger partial charge in [0.15, 0.2) is 5.82 Å². The molecule has 0 unspecified atom stereocenters. The summed E-state index contributed by atoms with van der Waals surface area (Å²) >= 11 is 0. The van der Waals surface area contributed by atoms with Crippen molar-refractivity contribution >= 4 is 23.3 Å². The Labute approximate surface area is 161 Å². The molecule has 1 amide bonds. The summed E-state index contributed by atoms with van der Waals surface area (Å²) < 4.78 is 6.91. The van der Waals surface area contributed by atoms with E-state index in [0.717, 1.165) is 17.3 Å². The highest BCUT2D eigenvalue weighted by Crippen LogP contribution is 2.20. The molecular formula is C19H20N6O3. The summed E-state index contributed by atoms with van der Waals surface area (Å²) in [5, 5.41) is 8.33. The molecule has 0 spiro atoms. The summed E-state index contributed by atoms with van der Waals surface area (Å²) in [6.07, 6.45) is 3.58. The van der Waals surface area contributed by atoms with Gasteiger partial charge in [-0.25, -0.2) is 4.98 Å². The number of hydrogen-bond donors (Lipinski definition) is 0. The molecule has 2 aromatic heterocycles. The first-order valence-electron chi connectivity index (χ1n) is 9.02. The number of hydrogen-bond acceptors (Lipinski definition) is 7. The summed E-state index contributed by atoms with van der Waals surface area (Å²) in [4.78, 5) is 32.1. The van der Waals surface area contributed by atoms with Crippen LogP contribution in [0, 0.1) is 6.92 Å². The zero-order chi connectivity index (χ0) is 19.7. The molecule has 1 aliphatic heterocycles. The number of ether oxygens (including phenoxy) is 1. The van der Waals surface area contributed by atoms with E-state index >= 15 is 0 Å². The average Bonchev–Trinajstić information content (AvgIpc) is 3.09. The largest absolute Gasteiger partial charge is 0.427 e. The zero-order valence-corrected chi connectivity index (χ0v) is 15.7. The fraction of sp³-hybridized carbons (Fsp3) is 0.316. The normalized spacial score (nSPS) is 14.4. The van der Waals surface area contributed by atoms with Crippen LogP contribution in [0.2, 0.25) is 0 Å². The Kier molecular flexibility index (Phi) is 4.64. The number of aromatic nitrogens is 4. The Bertz CT molecular complexity index is 1020. The number of anilines is 1. The number of carbonyl (C=O) groups excluding carboxylic acids is 2. The van der Waals surface area contributed by atoms with Gasteiger partial charge in [0.1, 0.15) is 11.6 Å². The molecule has 28 heavy (non-hydrogen) atoms.